The maximum absolute atomic E-state index is 13.7. The lowest BCUT2D eigenvalue weighted by molar-refractivity contribution is -0.119. The Balaban J connectivity index is 2.43. The van der Waals surface area contributed by atoms with Gasteiger partial charge in [0, 0.05) is 24.9 Å². The molecule has 0 bridgehead atoms. The van der Waals surface area contributed by atoms with Crippen molar-refractivity contribution in [3.05, 3.63) is 23.8 Å². The Morgan fingerprint density at radius 1 is 1.28 bits per heavy atom. The van der Waals surface area contributed by atoms with Crippen molar-refractivity contribution < 1.29 is 13.6 Å². The number of aromatic nitrogens is 2. The fraction of sp³-hybridized carbons (Fsp3) is 0.471. The van der Waals surface area contributed by atoms with Crippen molar-refractivity contribution in [1.29, 1.82) is 0 Å². The van der Waals surface area contributed by atoms with E-state index in [-0.39, 0.29) is 17.4 Å². The molecule has 0 aliphatic rings. The lowest BCUT2D eigenvalue weighted by Crippen LogP contribution is -2.46. The molecule has 1 aromatic heterocycles. The summed E-state index contributed by atoms with van der Waals surface area (Å²) in [7, 11) is 0. The molecule has 8 heteroatoms. The molecule has 1 aromatic carbocycles. The zero-order chi connectivity index (χ0) is 18.6. The first kappa shape index (κ1) is 18.8. The van der Waals surface area contributed by atoms with Gasteiger partial charge in [0.2, 0.25) is 11.9 Å². The number of anilines is 2. The number of nitrogens with one attached hydrogen (secondary N) is 2. The van der Waals surface area contributed by atoms with E-state index in [0.717, 1.165) is 31.4 Å². The monoisotopic (exact) mass is 351 g/mol. The number of nitrogen functional groups attached to an aromatic ring is 1. The van der Waals surface area contributed by atoms with Crippen molar-refractivity contribution in [2.75, 3.05) is 17.6 Å². The largest absolute Gasteiger partial charge is 0.368 e. The van der Waals surface area contributed by atoms with E-state index >= 15 is 0 Å². The molecule has 0 saturated heterocycles. The van der Waals surface area contributed by atoms with Crippen LogP contribution in [0, 0.1) is 11.6 Å². The maximum Gasteiger partial charge on any atom is 0.222 e. The van der Waals surface area contributed by atoms with Crippen molar-refractivity contribution >= 4 is 28.6 Å². The van der Waals surface area contributed by atoms with Gasteiger partial charge in [-0.05, 0) is 19.4 Å². The summed E-state index contributed by atoms with van der Waals surface area (Å²) in [5.74, 6) is -1.86. The number of nitrogens with zero attached hydrogens (tertiary/aromatic N) is 2. The molecule has 1 heterocycles. The third-order valence-electron chi connectivity index (χ3n) is 3.98. The summed E-state index contributed by atoms with van der Waals surface area (Å²) in [4.78, 5) is 19.4. The summed E-state index contributed by atoms with van der Waals surface area (Å²) in [6, 6.07) is 2.04. The number of halogens is 2. The van der Waals surface area contributed by atoms with Crippen LogP contribution >= 0.6 is 0 Å². The molecule has 25 heavy (non-hydrogen) atoms. The Labute approximate surface area is 145 Å². The Kier molecular flexibility index (Phi) is 5.71. The van der Waals surface area contributed by atoms with Gasteiger partial charge in [0.1, 0.15) is 5.82 Å². The normalized spacial score (nSPS) is 13.5. The number of hydrogen-bond acceptors (Lipinski definition) is 5. The van der Waals surface area contributed by atoms with E-state index in [4.69, 9.17) is 5.73 Å². The van der Waals surface area contributed by atoms with Crippen molar-refractivity contribution in [2.45, 2.75) is 45.6 Å². The Hall–Kier alpha value is -2.51. The van der Waals surface area contributed by atoms with Crippen LogP contribution in [0.4, 0.5) is 20.5 Å². The number of unbranched alkanes of at least 4 members (excludes halogenated alkanes) is 1. The van der Waals surface area contributed by atoms with Crippen LogP contribution in [-0.4, -0.2) is 28.0 Å². The van der Waals surface area contributed by atoms with E-state index in [1.54, 1.807) is 0 Å². The van der Waals surface area contributed by atoms with Gasteiger partial charge in [-0.2, -0.15) is 4.98 Å². The molecule has 136 valence electrons. The molecule has 0 aliphatic carbocycles. The molecule has 6 nitrogen and oxygen atoms in total. The number of nitrogens with two attached hydrogens (primary N) is 1. The number of carbonyl (C=O) groups excluding carboxylic acids is 1. The second-order valence-corrected chi connectivity index (χ2v) is 6.41. The van der Waals surface area contributed by atoms with Gasteiger partial charge in [0.25, 0.3) is 0 Å². The molecule has 2 rings (SSSR count). The van der Waals surface area contributed by atoms with Crippen LogP contribution < -0.4 is 16.4 Å². The average molecular weight is 351 g/mol. The van der Waals surface area contributed by atoms with Crippen LogP contribution in [0.5, 0.6) is 0 Å². The van der Waals surface area contributed by atoms with E-state index in [2.05, 4.69) is 27.5 Å². The number of fused-ring (bicyclic) bond motifs is 1. The van der Waals surface area contributed by atoms with E-state index in [0.29, 0.717) is 17.7 Å². The molecular weight excluding hydrogens is 328 g/mol. The van der Waals surface area contributed by atoms with E-state index in [1.807, 2.05) is 6.92 Å². The molecule has 1 atom stereocenters. The van der Waals surface area contributed by atoms with Crippen LogP contribution in [-0.2, 0) is 4.79 Å². The lowest BCUT2D eigenvalue weighted by Gasteiger charge is -2.32. The number of benzene rings is 1. The summed E-state index contributed by atoms with van der Waals surface area (Å²) in [6.45, 7) is 5.80. The molecule has 0 fully saturated rings. The predicted octanol–water partition coefficient (Wildman–Crippen LogP) is 2.99. The van der Waals surface area contributed by atoms with Gasteiger partial charge in [-0.1, -0.05) is 19.8 Å². The van der Waals surface area contributed by atoms with E-state index in [9.17, 15) is 13.6 Å². The van der Waals surface area contributed by atoms with Gasteiger partial charge in [-0.15, -0.1) is 0 Å². The van der Waals surface area contributed by atoms with Crippen molar-refractivity contribution in [3.8, 4) is 0 Å². The SMILES string of the molecule is CCCC[C@](C)(CNC(C)=O)Nc1nc(N)nc2cc(F)c(F)cc12. The van der Waals surface area contributed by atoms with Crippen molar-refractivity contribution in [2.24, 2.45) is 0 Å². The first-order valence-corrected chi connectivity index (χ1v) is 8.19. The third-order valence-corrected chi connectivity index (χ3v) is 3.98. The molecule has 0 spiro atoms. The average Bonchev–Trinajstić information content (AvgIpc) is 2.53. The van der Waals surface area contributed by atoms with Crippen LogP contribution in [0.2, 0.25) is 0 Å². The number of rotatable bonds is 7. The summed E-state index contributed by atoms with van der Waals surface area (Å²) < 4.78 is 27.2. The number of carbonyl (C=O) groups is 1. The summed E-state index contributed by atoms with van der Waals surface area (Å²) in [5, 5.41) is 6.36. The zero-order valence-electron chi connectivity index (χ0n) is 14.6. The molecule has 1 amide bonds. The van der Waals surface area contributed by atoms with Gasteiger partial charge < -0.3 is 16.4 Å². The first-order chi connectivity index (χ1) is 11.7. The van der Waals surface area contributed by atoms with Crippen LogP contribution in [0.15, 0.2) is 12.1 Å². The van der Waals surface area contributed by atoms with E-state index in [1.165, 1.54) is 6.92 Å². The smallest absolute Gasteiger partial charge is 0.222 e. The minimum absolute atomic E-state index is 0.0432. The molecule has 0 radical (unpaired) electrons. The predicted molar refractivity (Wildman–Crippen MR) is 94.1 cm³/mol. The third kappa shape index (κ3) is 4.74. The minimum Gasteiger partial charge on any atom is -0.368 e. The standard InChI is InChI=1S/C17H23F2N5O/c1-4-5-6-17(3,9-21-10(2)25)24-15-11-7-12(18)13(19)8-14(11)22-16(20)23-15/h7-8H,4-6,9H2,1-3H3,(H,21,25)(H3,20,22,23,24)/t17-/m1/s1. The molecule has 0 saturated carbocycles. The zero-order valence-corrected chi connectivity index (χ0v) is 14.6. The highest BCUT2D eigenvalue weighted by Gasteiger charge is 2.26. The second kappa shape index (κ2) is 7.58. The van der Waals surface area contributed by atoms with Gasteiger partial charge in [-0.3, -0.25) is 4.79 Å². The number of hydrogen-bond donors (Lipinski definition) is 3. The fourth-order valence-corrected chi connectivity index (χ4v) is 2.60. The van der Waals surface area contributed by atoms with Gasteiger partial charge in [0.05, 0.1) is 11.1 Å². The summed E-state index contributed by atoms with van der Waals surface area (Å²) >= 11 is 0. The maximum atomic E-state index is 13.7. The van der Waals surface area contributed by atoms with Gasteiger partial charge in [-0.25, -0.2) is 13.8 Å². The summed E-state index contributed by atoms with van der Waals surface area (Å²) in [5.41, 5.74) is 5.39. The molecule has 0 unspecified atom stereocenters. The van der Waals surface area contributed by atoms with Gasteiger partial charge >= 0.3 is 0 Å². The van der Waals surface area contributed by atoms with Crippen molar-refractivity contribution in [3.63, 3.8) is 0 Å². The van der Waals surface area contributed by atoms with Crippen LogP contribution in [0.3, 0.4) is 0 Å². The first-order valence-electron chi connectivity index (χ1n) is 8.19. The quantitative estimate of drug-likeness (QED) is 0.713. The Bertz CT molecular complexity index is 783. The van der Waals surface area contributed by atoms with Crippen LogP contribution in [0.25, 0.3) is 10.9 Å². The Morgan fingerprint density at radius 2 is 1.96 bits per heavy atom. The Morgan fingerprint density at radius 3 is 2.60 bits per heavy atom. The van der Waals surface area contributed by atoms with Crippen LogP contribution in [0.1, 0.15) is 40.0 Å². The van der Waals surface area contributed by atoms with E-state index < -0.39 is 17.2 Å². The lowest BCUT2D eigenvalue weighted by atomic mass is 9.94. The highest BCUT2D eigenvalue weighted by atomic mass is 19.2. The molecule has 4 N–H and O–H groups in total. The highest BCUT2D eigenvalue weighted by Crippen LogP contribution is 2.28. The second-order valence-electron chi connectivity index (χ2n) is 6.41. The fourth-order valence-electron chi connectivity index (χ4n) is 2.60. The topological polar surface area (TPSA) is 92.9 Å². The summed E-state index contributed by atoms with van der Waals surface area (Å²) in [6.07, 6.45) is 2.65. The van der Waals surface area contributed by atoms with Gasteiger partial charge in [0.15, 0.2) is 11.6 Å². The molecule has 0 aliphatic heterocycles. The molecular formula is C17H23F2N5O. The molecule has 2 aromatic rings. The van der Waals surface area contributed by atoms with Crippen molar-refractivity contribution in [1.82, 2.24) is 15.3 Å². The number of amides is 1. The minimum atomic E-state index is -0.997. The highest BCUT2D eigenvalue weighted by molar-refractivity contribution is 5.90.